The number of nitrogens with zero attached hydrogens (tertiary/aromatic N) is 5. The van der Waals surface area contributed by atoms with Crippen LogP contribution in [0.2, 0.25) is 0 Å². The molecule has 1 aromatic carbocycles. The van der Waals surface area contributed by atoms with E-state index in [1.165, 1.54) is 0 Å². The number of para-hydroxylation sites is 1. The van der Waals surface area contributed by atoms with E-state index in [1.807, 2.05) is 27.8 Å². The topological polar surface area (TPSA) is 97.4 Å². The Balaban J connectivity index is 1.34. The van der Waals surface area contributed by atoms with Gasteiger partial charge in [0.1, 0.15) is 12.4 Å². The van der Waals surface area contributed by atoms with Crippen LogP contribution in [0.5, 0.6) is 0 Å². The maximum atomic E-state index is 13.0. The van der Waals surface area contributed by atoms with E-state index < -0.39 is 0 Å². The highest BCUT2D eigenvalue weighted by molar-refractivity contribution is 5.95. The zero-order valence-corrected chi connectivity index (χ0v) is 18.3. The molecule has 166 valence electrons. The number of carbonyl (C=O) groups excluding carboxylic acids is 2. The summed E-state index contributed by atoms with van der Waals surface area (Å²) in [5.74, 6) is 0.573. The van der Waals surface area contributed by atoms with E-state index in [9.17, 15) is 9.59 Å². The van der Waals surface area contributed by atoms with E-state index in [2.05, 4.69) is 18.0 Å². The predicted octanol–water partition coefficient (Wildman–Crippen LogP) is 2.65. The molecule has 32 heavy (non-hydrogen) atoms. The van der Waals surface area contributed by atoms with Gasteiger partial charge in [0.2, 0.25) is 5.91 Å². The molecule has 0 saturated carbocycles. The molecule has 2 aliphatic heterocycles. The molecule has 2 N–H and O–H groups in total. The summed E-state index contributed by atoms with van der Waals surface area (Å²) in [6, 6.07) is 11.7. The van der Waals surface area contributed by atoms with Crippen molar-refractivity contribution in [3.63, 3.8) is 0 Å². The average Bonchev–Trinajstić information content (AvgIpc) is 3.38. The molecule has 2 fully saturated rings. The number of fused-ring (bicyclic) bond motifs is 1. The number of nitrogens with two attached hydrogens (primary N) is 1. The highest BCUT2D eigenvalue weighted by Crippen LogP contribution is 2.33. The SMILES string of the molecule is CC[C@@H]1CCCN1C(=O)Cn1nc(C2CN(C(=O)c3ccnc(N)c3)C2)c2ccccc21. The highest BCUT2D eigenvalue weighted by atomic mass is 16.2. The number of aromatic nitrogens is 3. The number of rotatable bonds is 5. The molecule has 0 spiro atoms. The van der Waals surface area contributed by atoms with Gasteiger partial charge in [0.25, 0.3) is 5.91 Å². The summed E-state index contributed by atoms with van der Waals surface area (Å²) in [6.45, 7) is 4.42. The Morgan fingerprint density at radius 2 is 2.00 bits per heavy atom. The summed E-state index contributed by atoms with van der Waals surface area (Å²) >= 11 is 0. The van der Waals surface area contributed by atoms with Gasteiger partial charge in [-0.3, -0.25) is 14.3 Å². The maximum absolute atomic E-state index is 13.0. The van der Waals surface area contributed by atoms with Gasteiger partial charge in [-0.05, 0) is 37.5 Å². The lowest BCUT2D eigenvalue weighted by Crippen LogP contribution is -2.48. The van der Waals surface area contributed by atoms with Crippen molar-refractivity contribution in [2.45, 2.75) is 44.7 Å². The molecule has 2 aromatic heterocycles. The maximum Gasteiger partial charge on any atom is 0.254 e. The molecular weight excluding hydrogens is 404 g/mol. The molecule has 8 heteroatoms. The summed E-state index contributed by atoms with van der Waals surface area (Å²) in [5.41, 5.74) is 8.19. The first-order valence-electron chi connectivity index (χ1n) is 11.3. The van der Waals surface area contributed by atoms with Crippen molar-refractivity contribution in [2.24, 2.45) is 0 Å². The van der Waals surface area contributed by atoms with Gasteiger partial charge in [-0.1, -0.05) is 25.1 Å². The first-order valence-corrected chi connectivity index (χ1v) is 11.3. The lowest BCUT2D eigenvalue weighted by atomic mass is 9.93. The first-order chi connectivity index (χ1) is 15.5. The van der Waals surface area contributed by atoms with Crippen LogP contribution >= 0.6 is 0 Å². The fraction of sp³-hybridized carbons (Fsp3) is 0.417. The number of hydrogen-bond acceptors (Lipinski definition) is 5. The van der Waals surface area contributed by atoms with Crippen LogP contribution in [0.1, 0.15) is 48.2 Å². The molecule has 0 radical (unpaired) electrons. The van der Waals surface area contributed by atoms with Gasteiger partial charge < -0.3 is 15.5 Å². The number of likely N-dealkylation sites (tertiary alicyclic amines) is 2. The number of pyridine rings is 1. The Morgan fingerprint density at radius 3 is 2.78 bits per heavy atom. The van der Waals surface area contributed by atoms with Crippen LogP contribution in [0.25, 0.3) is 10.9 Å². The second-order valence-electron chi connectivity index (χ2n) is 8.73. The molecule has 1 atom stereocenters. The van der Waals surface area contributed by atoms with E-state index in [1.54, 1.807) is 23.2 Å². The third kappa shape index (κ3) is 3.59. The molecular formula is C24H28N6O2. The quantitative estimate of drug-likeness (QED) is 0.669. The molecule has 3 aromatic rings. The van der Waals surface area contributed by atoms with Crippen LogP contribution in [-0.4, -0.2) is 62.1 Å². The summed E-state index contributed by atoms with van der Waals surface area (Å²) in [6.07, 6.45) is 4.70. The number of hydrogen-bond donors (Lipinski definition) is 1. The monoisotopic (exact) mass is 432 g/mol. The first kappa shape index (κ1) is 20.5. The van der Waals surface area contributed by atoms with Crippen molar-refractivity contribution >= 4 is 28.5 Å². The Labute approximate surface area is 187 Å². The fourth-order valence-corrected chi connectivity index (χ4v) is 4.96. The van der Waals surface area contributed by atoms with Crippen molar-refractivity contribution in [3.8, 4) is 0 Å². The van der Waals surface area contributed by atoms with E-state index in [0.29, 0.717) is 30.5 Å². The molecule has 0 bridgehead atoms. The molecule has 5 rings (SSSR count). The number of benzene rings is 1. The van der Waals surface area contributed by atoms with E-state index in [0.717, 1.165) is 42.4 Å². The smallest absolute Gasteiger partial charge is 0.254 e. The Bertz CT molecular complexity index is 1170. The Morgan fingerprint density at radius 1 is 1.19 bits per heavy atom. The van der Waals surface area contributed by atoms with Crippen LogP contribution in [0, 0.1) is 0 Å². The highest BCUT2D eigenvalue weighted by Gasteiger charge is 2.36. The average molecular weight is 433 g/mol. The normalized spacial score (nSPS) is 18.8. The van der Waals surface area contributed by atoms with E-state index in [-0.39, 0.29) is 24.3 Å². The van der Waals surface area contributed by atoms with Crippen molar-refractivity contribution in [3.05, 3.63) is 53.9 Å². The van der Waals surface area contributed by atoms with Gasteiger partial charge in [0.05, 0.1) is 11.2 Å². The minimum atomic E-state index is -0.0473. The van der Waals surface area contributed by atoms with Gasteiger partial charge in [0, 0.05) is 48.7 Å². The summed E-state index contributed by atoms with van der Waals surface area (Å²) in [7, 11) is 0. The predicted molar refractivity (Wildman–Crippen MR) is 122 cm³/mol. The number of carbonyl (C=O) groups is 2. The van der Waals surface area contributed by atoms with Crippen molar-refractivity contribution < 1.29 is 9.59 Å². The second-order valence-corrected chi connectivity index (χ2v) is 8.73. The van der Waals surface area contributed by atoms with Crippen molar-refractivity contribution in [1.29, 1.82) is 0 Å². The number of amides is 2. The Hall–Kier alpha value is -3.42. The Kier molecular flexibility index (Phi) is 5.28. The van der Waals surface area contributed by atoms with Crippen LogP contribution in [-0.2, 0) is 11.3 Å². The summed E-state index contributed by atoms with van der Waals surface area (Å²) < 4.78 is 1.84. The van der Waals surface area contributed by atoms with Crippen LogP contribution in [0.3, 0.4) is 0 Å². The minimum Gasteiger partial charge on any atom is -0.384 e. The summed E-state index contributed by atoms with van der Waals surface area (Å²) in [5, 5.41) is 5.91. The lowest BCUT2D eigenvalue weighted by molar-refractivity contribution is -0.132. The molecule has 2 aliphatic rings. The van der Waals surface area contributed by atoms with Crippen LogP contribution < -0.4 is 5.73 Å². The fourth-order valence-electron chi connectivity index (χ4n) is 4.96. The van der Waals surface area contributed by atoms with Gasteiger partial charge in [0.15, 0.2) is 0 Å². The lowest BCUT2D eigenvalue weighted by Gasteiger charge is -2.38. The minimum absolute atomic E-state index is 0.0473. The largest absolute Gasteiger partial charge is 0.384 e. The molecule has 0 unspecified atom stereocenters. The van der Waals surface area contributed by atoms with Crippen molar-refractivity contribution in [1.82, 2.24) is 24.6 Å². The molecule has 8 nitrogen and oxygen atoms in total. The third-order valence-electron chi connectivity index (χ3n) is 6.72. The van der Waals surface area contributed by atoms with E-state index >= 15 is 0 Å². The third-order valence-corrected chi connectivity index (χ3v) is 6.72. The van der Waals surface area contributed by atoms with Gasteiger partial charge in [-0.15, -0.1) is 0 Å². The number of anilines is 1. The van der Waals surface area contributed by atoms with Gasteiger partial charge >= 0.3 is 0 Å². The van der Waals surface area contributed by atoms with Gasteiger partial charge in [-0.25, -0.2) is 4.98 Å². The zero-order valence-electron chi connectivity index (χ0n) is 18.3. The summed E-state index contributed by atoms with van der Waals surface area (Å²) in [4.78, 5) is 33.5. The molecule has 2 amide bonds. The molecule has 2 saturated heterocycles. The van der Waals surface area contributed by atoms with Crippen molar-refractivity contribution in [2.75, 3.05) is 25.4 Å². The van der Waals surface area contributed by atoms with Crippen LogP contribution in [0.15, 0.2) is 42.6 Å². The van der Waals surface area contributed by atoms with Crippen LogP contribution in [0.4, 0.5) is 5.82 Å². The van der Waals surface area contributed by atoms with E-state index in [4.69, 9.17) is 10.8 Å². The molecule has 4 heterocycles. The van der Waals surface area contributed by atoms with Gasteiger partial charge in [-0.2, -0.15) is 5.10 Å². The second kappa shape index (κ2) is 8.26. The number of nitrogen functional groups attached to an aromatic ring is 1. The standard InChI is InChI=1S/C24H28N6O2/c1-2-18-6-5-11-29(18)22(31)15-30-20-8-4-3-7-19(20)23(27-30)17-13-28(14-17)24(32)16-9-10-26-21(25)12-16/h3-4,7-10,12,17-18H,2,5-6,11,13-15H2,1H3,(H2,25,26)/t18-/m1/s1. The molecule has 0 aliphatic carbocycles. The zero-order chi connectivity index (χ0) is 22.2.